The lowest BCUT2D eigenvalue weighted by Crippen LogP contribution is -2.51. The maximum Gasteiger partial charge on any atom is 0.0806 e. The Bertz CT molecular complexity index is 257. The summed E-state index contributed by atoms with van der Waals surface area (Å²) in [5.74, 6) is 1.76. The molecule has 0 amide bonds. The van der Waals surface area contributed by atoms with Crippen LogP contribution in [-0.2, 0) is 4.74 Å². The van der Waals surface area contributed by atoms with Gasteiger partial charge in [0.2, 0.25) is 0 Å². The Balaban J connectivity index is 1.88. The van der Waals surface area contributed by atoms with Gasteiger partial charge >= 0.3 is 0 Å². The number of nitrogens with one attached hydrogen (secondary N) is 1. The summed E-state index contributed by atoms with van der Waals surface area (Å²) in [4.78, 5) is 0. The van der Waals surface area contributed by atoms with Gasteiger partial charge in [-0.25, -0.2) is 0 Å². The van der Waals surface area contributed by atoms with Crippen LogP contribution in [0.4, 0.5) is 0 Å². The zero-order valence-electron chi connectivity index (χ0n) is 12.7. The number of hydrogen-bond donors (Lipinski definition) is 1. The van der Waals surface area contributed by atoms with Crippen molar-refractivity contribution in [2.24, 2.45) is 11.8 Å². The van der Waals surface area contributed by atoms with Crippen LogP contribution in [0.3, 0.4) is 0 Å². The van der Waals surface area contributed by atoms with E-state index in [1.54, 1.807) is 0 Å². The van der Waals surface area contributed by atoms with E-state index in [1.807, 2.05) is 0 Å². The smallest absolute Gasteiger partial charge is 0.0806 e. The van der Waals surface area contributed by atoms with Gasteiger partial charge in [0.1, 0.15) is 0 Å². The Kier molecular flexibility index (Phi) is 4.38. The van der Waals surface area contributed by atoms with Gasteiger partial charge in [0.05, 0.1) is 12.2 Å². The van der Waals surface area contributed by atoms with Crippen molar-refractivity contribution in [3.8, 4) is 0 Å². The Labute approximate surface area is 113 Å². The largest absolute Gasteiger partial charge is 0.373 e. The summed E-state index contributed by atoms with van der Waals surface area (Å²) >= 11 is 0. The van der Waals surface area contributed by atoms with Gasteiger partial charge in [-0.05, 0) is 71.1 Å². The van der Waals surface area contributed by atoms with Crippen molar-refractivity contribution in [1.82, 2.24) is 5.32 Å². The molecule has 2 rings (SSSR count). The summed E-state index contributed by atoms with van der Waals surface area (Å²) in [5, 5.41) is 3.67. The van der Waals surface area contributed by atoms with E-state index >= 15 is 0 Å². The molecule has 2 nitrogen and oxygen atoms in total. The molecule has 2 aliphatic carbocycles. The molecule has 0 bridgehead atoms. The molecule has 2 saturated carbocycles. The van der Waals surface area contributed by atoms with Gasteiger partial charge in [0.25, 0.3) is 0 Å². The second-order valence-electron chi connectivity index (χ2n) is 7.72. The second-order valence-corrected chi connectivity index (χ2v) is 7.72. The standard InChI is InChI=1S/C16H31NO/c1-13-7-9-16(10-8-13,12-17-15(2,3)4)18-11-14-5-6-14/h13-14,17H,5-12H2,1-4H3. The molecule has 0 saturated heterocycles. The molecule has 0 spiro atoms. The van der Waals surface area contributed by atoms with Crippen molar-refractivity contribution < 1.29 is 4.74 Å². The molecule has 0 unspecified atom stereocenters. The third-order valence-electron chi connectivity index (χ3n) is 4.45. The molecule has 0 aromatic rings. The lowest BCUT2D eigenvalue weighted by atomic mass is 9.79. The Morgan fingerprint density at radius 2 is 1.72 bits per heavy atom. The van der Waals surface area contributed by atoms with Crippen LogP contribution < -0.4 is 5.32 Å². The Morgan fingerprint density at radius 3 is 2.22 bits per heavy atom. The van der Waals surface area contributed by atoms with E-state index in [2.05, 4.69) is 33.0 Å². The molecular formula is C16H31NO. The minimum Gasteiger partial charge on any atom is -0.373 e. The lowest BCUT2D eigenvalue weighted by Gasteiger charge is -2.41. The van der Waals surface area contributed by atoms with Crippen LogP contribution in [-0.4, -0.2) is 24.3 Å². The van der Waals surface area contributed by atoms with Crippen LogP contribution in [0.5, 0.6) is 0 Å². The zero-order chi connectivity index (χ0) is 13.2. The average Bonchev–Trinajstić information content (AvgIpc) is 3.10. The summed E-state index contributed by atoms with van der Waals surface area (Å²) in [6.45, 7) is 11.1. The van der Waals surface area contributed by atoms with Gasteiger partial charge in [-0.1, -0.05) is 6.92 Å². The van der Waals surface area contributed by atoms with E-state index in [1.165, 1.54) is 38.5 Å². The molecule has 18 heavy (non-hydrogen) atoms. The highest BCUT2D eigenvalue weighted by atomic mass is 16.5. The maximum atomic E-state index is 6.38. The molecule has 2 fully saturated rings. The van der Waals surface area contributed by atoms with Gasteiger partial charge in [0, 0.05) is 12.1 Å². The van der Waals surface area contributed by atoms with Crippen molar-refractivity contribution in [2.45, 2.75) is 77.4 Å². The topological polar surface area (TPSA) is 21.3 Å². The van der Waals surface area contributed by atoms with Crippen LogP contribution in [0, 0.1) is 11.8 Å². The van der Waals surface area contributed by atoms with E-state index < -0.39 is 0 Å². The van der Waals surface area contributed by atoms with E-state index in [0.29, 0.717) is 0 Å². The fourth-order valence-electron chi connectivity index (χ4n) is 2.67. The first kappa shape index (κ1) is 14.3. The first-order valence-electron chi connectivity index (χ1n) is 7.78. The quantitative estimate of drug-likeness (QED) is 0.805. The van der Waals surface area contributed by atoms with Crippen molar-refractivity contribution in [2.75, 3.05) is 13.2 Å². The van der Waals surface area contributed by atoms with Gasteiger partial charge < -0.3 is 10.1 Å². The first-order chi connectivity index (χ1) is 8.39. The molecule has 2 aliphatic rings. The summed E-state index contributed by atoms with van der Waals surface area (Å²) < 4.78 is 6.38. The van der Waals surface area contributed by atoms with Crippen LogP contribution in [0.15, 0.2) is 0 Å². The summed E-state index contributed by atoms with van der Waals surface area (Å²) in [7, 11) is 0. The first-order valence-corrected chi connectivity index (χ1v) is 7.78. The molecule has 106 valence electrons. The molecule has 0 aliphatic heterocycles. The molecule has 0 heterocycles. The SMILES string of the molecule is CC1CCC(CNC(C)(C)C)(OCC2CC2)CC1. The van der Waals surface area contributed by atoms with Crippen molar-refractivity contribution >= 4 is 0 Å². The van der Waals surface area contributed by atoms with Gasteiger partial charge in [-0.2, -0.15) is 0 Å². The molecule has 0 aromatic carbocycles. The third kappa shape index (κ3) is 4.55. The van der Waals surface area contributed by atoms with Crippen LogP contribution >= 0.6 is 0 Å². The van der Waals surface area contributed by atoms with Crippen molar-refractivity contribution in [3.05, 3.63) is 0 Å². The summed E-state index contributed by atoms with van der Waals surface area (Å²) in [5.41, 5.74) is 0.321. The third-order valence-corrected chi connectivity index (χ3v) is 4.45. The van der Waals surface area contributed by atoms with E-state index in [0.717, 1.165) is 25.0 Å². The summed E-state index contributed by atoms with van der Waals surface area (Å²) in [6, 6.07) is 0. The predicted molar refractivity (Wildman–Crippen MR) is 76.8 cm³/mol. The van der Waals surface area contributed by atoms with E-state index in [4.69, 9.17) is 4.74 Å². The fraction of sp³-hybridized carbons (Fsp3) is 1.00. The number of rotatable bonds is 5. The molecular weight excluding hydrogens is 222 g/mol. The lowest BCUT2D eigenvalue weighted by molar-refractivity contribution is -0.0819. The zero-order valence-corrected chi connectivity index (χ0v) is 12.7. The highest BCUT2D eigenvalue weighted by Gasteiger charge is 2.37. The van der Waals surface area contributed by atoms with E-state index in [-0.39, 0.29) is 11.1 Å². The molecule has 0 aromatic heterocycles. The molecule has 0 atom stereocenters. The highest BCUT2D eigenvalue weighted by molar-refractivity contribution is 4.91. The van der Waals surface area contributed by atoms with Crippen LogP contribution in [0.25, 0.3) is 0 Å². The number of hydrogen-bond acceptors (Lipinski definition) is 2. The average molecular weight is 253 g/mol. The summed E-state index contributed by atoms with van der Waals surface area (Å²) in [6.07, 6.45) is 7.92. The minimum absolute atomic E-state index is 0.127. The van der Waals surface area contributed by atoms with Gasteiger partial charge in [-0.3, -0.25) is 0 Å². The predicted octanol–water partition coefficient (Wildman–Crippen LogP) is 3.75. The fourth-order valence-corrected chi connectivity index (χ4v) is 2.67. The normalized spacial score (nSPS) is 33.7. The second kappa shape index (κ2) is 5.50. The number of ether oxygens (including phenoxy) is 1. The van der Waals surface area contributed by atoms with Gasteiger partial charge in [0.15, 0.2) is 0 Å². The van der Waals surface area contributed by atoms with Crippen LogP contribution in [0.1, 0.15) is 66.2 Å². The maximum absolute atomic E-state index is 6.38. The van der Waals surface area contributed by atoms with Crippen molar-refractivity contribution in [1.29, 1.82) is 0 Å². The van der Waals surface area contributed by atoms with E-state index in [9.17, 15) is 0 Å². The van der Waals surface area contributed by atoms with Gasteiger partial charge in [-0.15, -0.1) is 0 Å². The highest BCUT2D eigenvalue weighted by Crippen LogP contribution is 2.37. The Morgan fingerprint density at radius 1 is 1.11 bits per heavy atom. The minimum atomic E-state index is 0.127. The monoisotopic (exact) mass is 253 g/mol. The van der Waals surface area contributed by atoms with Crippen LogP contribution in [0.2, 0.25) is 0 Å². The molecule has 1 N–H and O–H groups in total. The van der Waals surface area contributed by atoms with Crippen molar-refractivity contribution in [3.63, 3.8) is 0 Å². The Hall–Kier alpha value is -0.0800. The molecule has 2 heteroatoms. The molecule has 0 radical (unpaired) electrons.